The number of hydrogen-bond donors (Lipinski definition) is 1. The van der Waals surface area contributed by atoms with Crippen LogP contribution in [0.15, 0.2) is 18.3 Å². The maximum Gasteiger partial charge on any atom is 0.160 e. The van der Waals surface area contributed by atoms with Crippen LogP contribution in [0.2, 0.25) is 0 Å². The third-order valence-electron chi connectivity index (χ3n) is 2.97. The van der Waals surface area contributed by atoms with Gasteiger partial charge < -0.3 is 5.73 Å². The van der Waals surface area contributed by atoms with E-state index in [-0.39, 0.29) is 5.41 Å². The monoisotopic (exact) mass is 188 g/mol. The molecule has 3 rings (SSSR count). The first-order valence-corrected chi connectivity index (χ1v) is 4.80. The summed E-state index contributed by atoms with van der Waals surface area (Å²) < 4.78 is 2.00. The highest BCUT2D eigenvalue weighted by Crippen LogP contribution is 2.46. The Morgan fingerprint density at radius 3 is 2.86 bits per heavy atom. The summed E-state index contributed by atoms with van der Waals surface area (Å²) in [5, 5.41) is 8.35. The van der Waals surface area contributed by atoms with Crippen molar-refractivity contribution in [2.75, 3.05) is 5.73 Å². The molecule has 0 spiro atoms. The third-order valence-corrected chi connectivity index (χ3v) is 2.97. The lowest BCUT2D eigenvalue weighted by atomic mass is 10.1. The Bertz CT molecular complexity index is 496. The van der Waals surface area contributed by atoms with Gasteiger partial charge >= 0.3 is 0 Å². The van der Waals surface area contributed by atoms with Crippen LogP contribution >= 0.6 is 0 Å². The first kappa shape index (κ1) is 7.79. The highest BCUT2D eigenvalue weighted by molar-refractivity contribution is 5.48. The Balaban J connectivity index is 2.29. The molecule has 0 unspecified atom stereocenters. The fourth-order valence-corrected chi connectivity index (χ4v) is 1.73. The van der Waals surface area contributed by atoms with Crippen LogP contribution in [0, 0.1) is 0 Å². The Kier molecular flexibility index (Phi) is 1.26. The zero-order valence-corrected chi connectivity index (χ0v) is 8.07. The molecule has 0 bridgehead atoms. The predicted octanol–water partition coefficient (Wildman–Crippen LogP) is 1.36. The second-order valence-electron chi connectivity index (χ2n) is 4.27. The number of hydrogen-bond acceptors (Lipinski definition) is 3. The second-order valence-corrected chi connectivity index (χ2v) is 4.27. The van der Waals surface area contributed by atoms with Crippen molar-refractivity contribution in [3.63, 3.8) is 0 Å². The molecule has 14 heavy (non-hydrogen) atoms. The van der Waals surface area contributed by atoms with Crippen LogP contribution < -0.4 is 5.73 Å². The molecule has 0 saturated heterocycles. The van der Waals surface area contributed by atoms with Crippen molar-refractivity contribution in [2.45, 2.75) is 25.2 Å². The molecule has 4 heteroatoms. The van der Waals surface area contributed by atoms with E-state index in [1.807, 2.05) is 22.7 Å². The normalized spacial score (nSPS) is 18.6. The molecule has 0 aromatic carbocycles. The minimum atomic E-state index is 0.229. The first-order chi connectivity index (χ1) is 6.69. The summed E-state index contributed by atoms with van der Waals surface area (Å²) in [6, 6.07) is 3.75. The van der Waals surface area contributed by atoms with Crippen LogP contribution in [-0.4, -0.2) is 14.6 Å². The molecule has 1 saturated carbocycles. The van der Waals surface area contributed by atoms with E-state index in [4.69, 9.17) is 5.73 Å². The van der Waals surface area contributed by atoms with Gasteiger partial charge in [-0.3, -0.25) is 4.40 Å². The molecule has 2 aromatic heterocycles. The molecule has 1 aliphatic carbocycles. The molecule has 0 amide bonds. The molecule has 0 atom stereocenters. The largest absolute Gasteiger partial charge is 0.398 e. The van der Waals surface area contributed by atoms with Gasteiger partial charge in [0.15, 0.2) is 5.65 Å². The van der Waals surface area contributed by atoms with Crippen molar-refractivity contribution < 1.29 is 0 Å². The van der Waals surface area contributed by atoms with E-state index < -0.39 is 0 Å². The number of nitrogens with two attached hydrogens (primary N) is 1. The van der Waals surface area contributed by atoms with Crippen LogP contribution in [0.4, 0.5) is 5.69 Å². The van der Waals surface area contributed by atoms with Crippen LogP contribution in [0.1, 0.15) is 25.6 Å². The maximum atomic E-state index is 5.74. The van der Waals surface area contributed by atoms with Crippen molar-refractivity contribution in [3.8, 4) is 0 Å². The molecular formula is C10H12N4. The molecule has 1 aliphatic rings. The summed E-state index contributed by atoms with van der Waals surface area (Å²) in [5.74, 6) is 1.04. The van der Waals surface area contributed by atoms with E-state index in [9.17, 15) is 0 Å². The molecule has 0 radical (unpaired) electrons. The molecule has 72 valence electrons. The Morgan fingerprint density at radius 2 is 2.14 bits per heavy atom. The zero-order valence-electron chi connectivity index (χ0n) is 8.07. The van der Waals surface area contributed by atoms with Crippen LogP contribution in [0.25, 0.3) is 5.65 Å². The predicted molar refractivity (Wildman–Crippen MR) is 54.0 cm³/mol. The van der Waals surface area contributed by atoms with E-state index in [2.05, 4.69) is 17.1 Å². The third kappa shape index (κ3) is 0.937. The van der Waals surface area contributed by atoms with Gasteiger partial charge in [-0.15, -0.1) is 10.2 Å². The van der Waals surface area contributed by atoms with Crippen molar-refractivity contribution in [3.05, 3.63) is 24.2 Å². The quantitative estimate of drug-likeness (QED) is 0.735. The van der Waals surface area contributed by atoms with E-state index in [0.29, 0.717) is 0 Å². The smallest absolute Gasteiger partial charge is 0.160 e. The van der Waals surface area contributed by atoms with Gasteiger partial charge in [-0.25, -0.2) is 0 Å². The number of nitrogens with zero attached hydrogens (tertiary/aromatic N) is 3. The van der Waals surface area contributed by atoms with Gasteiger partial charge in [0.05, 0.1) is 0 Å². The second kappa shape index (κ2) is 2.26. The van der Waals surface area contributed by atoms with Gasteiger partial charge in [-0.2, -0.15) is 0 Å². The molecule has 0 aliphatic heterocycles. The van der Waals surface area contributed by atoms with Crippen molar-refractivity contribution in [1.82, 2.24) is 14.6 Å². The topological polar surface area (TPSA) is 56.2 Å². The van der Waals surface area contributed by atoms with E-state index in [1.165, 1.54) is 12.8 Å². The molecule has 4 nitrogen and oxygen atoms in total. The van der Waals surface area contributed by atoms with Gasteiger partial charge in [0, 0.05) is 17.3 Å². The van der Waals surface area contributed by atoms with E-state index in [0.717, 1.165) is 17.2 Å². The number of nitrogen functional groups attached to an aromatic ring is 1. The van der Waals surface area contributed by atoms with Crippen LogP contribution in [0.5, 0.6) is 0 Å². The lowest BCUT2D eigenvalue weighted by Crippen LogP contribution is -2.06. The van der Waals surface area contributed by atoms with E-state index >= 15 is 0 Å². The lowest BCUT2D eigenvalue weighted by molar-refractivity contribution is 0.696. The lowest BCUT2D eigenvalue weighted by Gasteiger charge is -2.05. The van der Waals surface area contributed by atoms with Crippen molar-refractivity contribution >= 4 is 11.3 Å². The van der Waals surface area contributed by atoms with Crippen molar-refractivity contribution in [2.24, 2.45) is 0 Å². The number of anilines is 1. The van der Waals surface area contributed by atoms with Gasteiger partial charge in [0.1, 0.15) is 5.82 Å². The highest BCUT2D eigenvalue weighted by Gasteiger charge is 2.43. The summed E-state index contributed by atoms with van der Waals surface area (Å²) in [4.78, 5) is 0. The summed E-state index contributed by atoms with van der Waals surface area (Å²) in [6.45, 7) is 2.21. The van der Waals surface area contributed by atoms with E-state index in [1.54, 1.807) is 0 Å². The zero-order chi connectivity index (χ0) is 9.76. The van der Waals surface area contributed by atoms with Gasteiger partial charge in [0.2, 0.25) is 0 Å². The summed E-state index contributed by atoms with van der Waals surface area (Å²) in [5.41, 5.74) is 7.60. The number of fused-ring (bicyclic) bond motifs is 1. The molecule has 1 fully saturated rings. The average molecular weight is 188 g/mol. The fourth-order valence-electron chi connectivity index (χ4n) is 1.73. The maximum absolute atomic E-state index is 5.74. The molecule has 2 heterocycles. The summed E-state index contributed by atoms with van der Waals surface area (Å²) in [7, 11) is 0. The standard InChI is InChI=1S/C10H12N4/c1-10(4-5-10)9-13-12-8-3-2-7(11)6-14(8)9/h2-3,6H,4-5,11H2,1H3. The Hall–Kier alpha value is -1.58. The molecule has 2 aromatic rings. The van der Waals surface area contributed by atoms with Gasteiger partial charge in [-0.05, 0) is 25.0 Å². The van der Waals surface area contributed by atoms with Crippen LogP contribution in [0.3, 0.4) is 0 Å². The van der Waals surface area contributed by atoms with Gasteiger partial charge in [0.25, 0.3) is 0 Å². The fraction of sp³-hybridized carbons (Fsp3) is 0.400. The minimum absolute atomic E-state index is 0.229. The average Bonchev–Trinajstić information content (AvgIpc) is 2.77. The van der Waals surface area contributed by atoms with Crippen LogP contribution in [-0.2, 0) is 5.41 Å². The molecular weight excluding hydrogens is 176 g/mol. The highest BCUT2D eigenvalue weighted by atomic mass is 15.3. The number of rotatable bonds is 1. The summed E-state index contributed by atoms with van der Waals surface area (Å²) >= 11 is 0. The van der Waals surface area contributed by atoms with Gasteiger partial charge in [-0.1, -0.05) is 6.92 Å². The van der Waals surface area contributed by atoms with Crippen molar-refractivity contribution in [1.29, 1.82) is 0 Å². The minimum Gasteiger partial charge on any atom is -0.398 e. The number of aromatic nitrogens is 3. The molecule has 2 N–H and O–H groups in total. The number of pyridine rings is 1. The first-order valence-electron chi connectivity index (χ1n) is 4.80. The summed E-state index contributed by atoms with van der Waals surface area (Å²) in [6.07, 6.45) is 4.29. The Morgan fingerprint density at radius 1 is 1.36 bits per heavy atom. The SMILES string of the molecule is CC1(c2nnc3ccc(N)cn23)CC1. The Labute approximate surface area is 81.8 Å².